The number of rotatable bonds is 5. The molecule has 148 valence electrons. The normalized spacial score (nSPS) is 28.6. The van der Waals surface area contributed by atoms with Crippen molar-refractivity contribution in [3.05, 3.63) is 47.5 Å². The minimum atomic E-state index is -1.52. The number of aliphatic hydroxyl groups is 1. The lowest BCUT2D eigenvalue weighted by molar-refractivity contribution is -0.172. The molecule has 4 nitrogen and oxygen atoms in total. The molecule has 1 atom stereocenters. The van der Waals surface area contributed by atoms with Gasteiger partial charge in [-0.1, -0.05) is 48.7 Å². The topological polar surface area (TPSA) is 49.8 Å². The monoisotopic (exact) mass is 391 g/mol. The lowest BCUT2D eigenvalue weighted by Crippen LogP contribution is -2.44. The molecular formula is C22H30ClNO3. The highest BCUT2D eigenvalue weighted by Crippen LogP contribution is 2.41. The zero-order chi connectivity index (χ0) is 18.0. The summed E-state index contributed by atoms with van der Waals surface area (Å²) in [4.78, 5) is 15.4. The number of carbonyl (C=O) groups excluding carboxylic acids is 1. The van der Waals surface area contributed by atoms with E-state index in [1.54, 1.807) is 0 Å². The van der Waals surface area contributed by atoms with Gasteiger partial charge in [0.2, 0.25) is 0 Å². The summed E-state index contributed by atoms with van der Waals surface area (Å²) in [6.45, 7) is 3.66. The highest BCUT2D eigenvalue weighted by Gasteiger charge is 2.47. The second-order valence-corrected chi connectivity index (χ2v) is 8.04. The Morgan fingerprint density at radius 3 is 2.41 bits per heavy atom. The van der Waals surface area contributed by atoms with Crippen LogP contribution in [0.2, 0.25) is 0 Å². The zero-order valence-electron chi connectivity index (χ0n) is 15.8. The number of ether oxygens (including phenoxy) is 1. The van der Waals surface area contributed by atoms with Crippen LogP contribution < -0.4 is 0 Å². The summed E-state index contributed by atoms with van der Waals surface area (Å²) >= 11 is 0. The van der Waals surface area contributed by atoms with Crippen molar-refractivity contribution in [1.29, 1.82) is 0 Å². The number of piperidine rings is 3. The van der Waals surface area contributed by atoms with Crippen molar-refractivity contribution in [2.24, 2.45) is 11.8 Å². The smallest absolute Gasteiger partial charge is 0.343 e. The maximum Gasteiger partial charge on any atom is 0.343 e. The Bertz CT molecular complexity index is 663. The molecule has 1 N–H and O–H groups in total. The molecule has 3 saturated heterocycles. The van der Waals surface area contributed by atoms with Crippen molar-refractivity contribution in [3.8, 4) is 0 Å². The third-order valence-electron chi connectivity index (χ3n) is 6.55. The van der Waals surface area contributed by atoms with Gasteiger partial charge in [-0.2, -0.15) is 0 Å². The minimum absolute atomic E-state index is 0. The zero-order valence-corrected chi connectivity index (χ0v) is 16.6. The maximum atomic E-state index is 12.9. The van der Waals surface area contributed by atoms with Crippen LogP contribution in [-0.4, -0.2) is 42.2 Å². The van der Waals surface area contributed by atoms with Crippen LogP contribution >= 0.6 is 12.4 Å². The molecule has 0 spiro atoms. The number of benzene rings is 1. The number of nitrogens with zero attached hydrogens (tertiary/aromatic N) is 1. The lowest BCUT2D eigenvalue weighted by Gasteiger charge is -2.41. The fourth-order valence-corrected chi connectivity index (χ4v) is 4.97. The summed E-state index contributed by atoms with van der Waals surface area (Å²) in [6, 6.07) is 9.33. The van der Waals surface area contributed by atoms with Gasteiger partial charge in [0.05, 0.1) is 0 Å². The third-order valence-corrected chi connectivity index (χ3v) is 6.55. The Hall–Kier alpha value is -1.36. The molecule has 4 aliphatic rings. The average molecular weight is 392 g/mol. The Morgan fingerprint density at radius 2 is 1.81 bits per heavy atom. The molecule has 1 aromatic rings. The SMILES string of the molecule is Cl.O=C(OC/C=C1\CN2CCC1CC2)C(O)(c1ccccc1)C1CCCC1. The molecule has 0 amide bonds. The Labute approximate surface area is 168 Å². The molecular weight excluding hydrogens is 362 g/mol. The molecule has 3 heterocycles. The predicted molar refractivity (Wildman–Crippen MR) is 108 cm³/mol. The van der Waals surface area contributed by atoms with Gasteiger partial charge >= 0.3 is 5.97 Å². The van der Waals surface area contributed by atoms with Crippen LogP contribution in [0, 0.1) is 11.8 Å². The van der Waals surface area contributed by atoms with Gasteiger partial charge in [-0.25, -0.2) is 4.79 Å². The van der Waals surface area contributed by atoms with Gasteiger partial charge < -0.3 is 9.84 Å². The second-order valence-electron chi connectivity index (χ2n) is 8.04. The largest absolute Gasteiger partial charge is 0.459 e. The summed E-state index contributed by atoms with van der Waals surface area (Å²) in [5.74, 6) is 0.108. The van der Waals surface area contributed by atoms with E-state index in [4.69, 9.17) is 4.74 Å². The van der Waals surface area contributed by atoms with Gasteiger partial charge in [0.25, 0.3) is 0 Å². The molecule has 1 unspecified atom stereocenters. The van der Waals surface area contributed by atoms with Crippen LogP contribution in [0.15, 0.2) is 42.0 Å². The molecule has 1 saturated carbocycles. The van der Waals surface area contributed by atoms with Crippen molar-refractivity contribution >= 4 is 18.4 Å². The van der Waals surface area contributed by atoms with Gasteiger partial charge in [0.1, 0.15) is 6.61 Å². The molecule has 5 rings (SSSR count). The van der Waals surface area contributed by atoms with E-state index in [0.717, 1.165) is 32.2 Å². The molecule has 4 fully saturated rings. The van der Waals surface area contributed by atoms with Crippen molar-refractivity contribution in [2.45, 2.75) is 44.1 Å². The van der Waals surface area contributed by atoms with Gasteiger partial charge in [-0.05, 0) is 56.3 Å². The quantitative estimate of drug-likeness (QED) is 0.614. The summed E-state index contributed by atoms with van der Waals surface area (Å²) < 4.78 is 5.60. The number of hydrogen-bond donors (Lipinski definition) is 1. The summed E-state index contributed by atoms with van der Waals surface area (Å²) in [5, 5.41) is 11.4. The molecule has 1 aromatic carbocycles. The van der Waals surface area contributed by atoms with Crippen molar-refractivity contribution in [2.75, 3.05) is 26.2 Å². The first-order valence-corrected chi connectivity index (χ1v) is 10.0. The minimum Gasteiger partial charge on any atom is -0.459 e. The lowest BCUT2D eigenvalue weighted by atomic mass is 9.80. The van der Waals surface area contributed by atoms with Gasteiger partial charge in [-0.15, -0.1) is 12.4 Å². The summed E-state index contributed by atoms with van der Waals surface area (Å²) in [6.07, 6.45) is 8.39. The van der Waals surface area contributed by atoms with Crippen LogP contribution in [0.3, 0.4) is 0 Å². The standard InChI is InChI=1S/C22H29NO3.ClH/c24-21(26-15-12-18-16-23-13-10-17(18)11-14-23)22(25,20-8-4-5-9-20)19-6-2-1-3-7-19;/h1-3,6-7,12,17,20,25H,4-5,8-11,13-16H2;1H/b18-12+;. The van der Waals surface area contributed by atoms with Crippen LogP contribution in [0.25, 0.3) is 0 Å². The molecule has 27 heavy (non-hydrogen) atoms. The van der Waals surface area contributed by atoms with Gasteiger partial charge in [-0.3, -0.25) is 4.90 Å². The Kier molecular flexibility index (Phi) is 6.61. The van der Waals surface area contributed by atoms with E-state index in [2.05, 4.69) is 11.0 Å². The predicted octanol–water partition coefficient (Wildman–Crippen LogP) is 3.68. The molecule has 2 bridgehead atoms. The maximum absolute atomic E-state index is 12.9. The first kappa shape index (κ1) is 20.4. The molecule has 3 aliphatic heterocycles. The molecule has 5 heteroatoms. The average Bonchev–Trinajstić information content (AvgIpc) is 3.24. The summed E-state index contributed by atoms with van der Waals surface area (Å²) in [7, 11) is 0. The van der Waals surface area contributed by atoms with E-state index in [1.165, 1.54) is 31.5 Å². The van der Waals surface area contributed by atoms with Crippen molar-refractivity contribution in [3.63, 3.8) is 0 Å². The van der Waals surface area contributed by atoms with E-state index in [9.17, 15) is 9.90 Å². The van der Waals surface area contributed by atoms with Crippen LogP contribution in [0.5, 0.6) is 0 Å². The number of halogens is 1. The number of hydrogen-bond acceptors (Lipinski definition) is 4. The number of esters is 1. The van der Waals surface area contributed by atoms with Gasteiger partial charge in [0, 0.05) is 12.5 Å². The number of carbonyl (C=O) groups is 1. The van der Waals surface area contributed by atoms with Crippen molar-refractivity contribution < 1.29 is 14.6 Å². The first-order valence-electron chi connectivity index (χ1n) is 10.0. The van der Waals surface area contributed by atoms with Crippen LogP contribution in [-0.2, 0) is 15.1 Å². The second kappa shape index (κ2) is 8.76. The highest BCUT2D eigenvalue weighted by atomic mass is 35.5. The third kappa shape index (κ3) is 4.08. The van der Waals surface area contributed by atoms with E-state index < -0.39 is 11.6 Å². The Morgan fingerprint density at radius 1 is 1.15 bits per heavy atom. The van der Waals surface area contributed by atoms with E-state index in [-0.39, 0.29) is 24.9 Å². The highest BCUT2D eigenvalue weighted by molar-refractivity contribution is 5.85. The van der Waals surface area contributed by atoms with Crippen molar-refractivity contribution in [1.82, 2.24) is 4.90 Å². The molecule has 0 aromatic heterocycles. The first-order chi connectivity index (χ1) is 12.7. The molecule has 1 aliphatic carbocycles. The van der Waals surface area contributed by atoms with Crippen LogP contribution in [0.4, 0.5) is 0 Å². The van der Waals surface area contributed by atoms with E-state index in [0.29, 0.717) is 11.5 Å². The van der Waals surface area contributed by atoms with E-state index in [1.807, 2.05) is 30.3 Å². The number of fused-ring (bicyclic) bond motifs is 3. The fourth-order valence-electron chi connectivity index (χ4n) is 4.97. The van der Waals surface area contributed by atoms with Gasteiger partial charge in [0.15, 0.2) is 5.60 Å². The van der Waals surface area contributed by atoms with E-state index >= 15 is 0 Å². The fraction of sp³-hybridized carbons (Fsp3) is 0.591. The summed E-state index contributed by atoms with van der Waals surface area (Å²) in [5.41, 5.74) is 0.539. The molecule has 0 radical (unpaired) electrons. The van der Waals surface area contributed by atoms with Crippen LogP contribution in [0.1, 0.15) is 44.1 Å². The Balaban J connectivity index is 0.00000210.